The van der Waals surface area contributed by atoms with E-state index < -0.39 is 6.04 Å². The highest BCUT2D eigenvalue weighted by Crippen LogP contribution is 2.18. The second-order valence-corrected chi connectivity index (χ2v) is 4.74. The number of hydrogen-bond donors (Lipinski definition) is 1. The van der Waals surface area contributed by atoms with Crippen molar-refractivity contribution in [2.45, 2.75) is 25.9 Å². The lowest BCUT2D eigenvalue weighted by molar-refractivity contribution is -0.143. The molecule has 0 saturated heterocycles. The molecule has 1 aromatic carbocycles. The Kier molecular flexibility index (Phi) is 4.96. The number of nitrogens with one attached hydrogen (secondary N) is 1. The SMILES string of the molecule is COC(=O)C(NC(C)C)c1ccc(Br)cc1. The minimum absolute atomic E-state index is 0.216. The molecule has 0 aliphatic rings. The van der Waals surface area contributed by atoms with E-state index in [4.69, 9.17) is 4.74 Å². The first-order chi connectivity index (χ1) is 7.54. The van der Waals surface area contributed by atoms with Crippen LogP contribution in [0.2, 0.25) is 0 Å². The van der Waals surface area contributed by atoms with Crippen molar-refractivity contribution >= 4 is 21.9 Å². The first-order valence-electron chi connectivity index (χ1n) is 5.14. The van der Waals surface area contributed by atoms with Crippen LogP contribution in [0.25, 0.3) is 0 Å². The van der Waals surface area contributed by atoms with Gasteiger partial charge in [0.25, 0.3) is 0 Å². The molecule has 3 nitrogen and oxygen atoms in total. The molecule has 0 aliphatic carbocycles. The molecule has 0 bridgehead atoms. The van der Waals surface area contributed by atoms with Crippen LogP contribution in [0.4, 0.5) is 0 Å². The van der Waals surface area contributed by atoms with Gasteiger partial charge in [0.05, 0.1) is 7.11 Å². The van der Waals surface area contributed by atoms with E-state index in [9.17, 15) is 4.79 Å². The second-order valence-electron chi connectivity index (χ2n) is 3.83. The Morgan fingerprint density at radius 2 is 1.88 bits per heavy atom. The minimum atomic E-state index is -0.405. The van der Waals surface area contributed by atoms with Crippen LogP contribution in [0.15, 0.2) is 28.7 Å². The van der Waals surface area contributed by atoms with Gasteiger partial charge in [0, 0.05) is 10.5 Å². The van der Waals surface area contributed by atoms with Crippen LogP contribution >= 0.6 is 15.9 Å². The Bertz CT molecular complexity index is 349. The van der Waals surface area contributed by atoms with Gasteiger partial charge in [0.1, 0.15) is 6.04 Å². The van der Waals surface area contributed by atoms with E-state index in [0.717, 1.165) is 10.0 Å². The van der Waals surface area contributed by atoms with Crippen LogP contribution < -0.4 is 5.32 Å². The molecule has 1 aromatic rings. The Morgan fingerprint density at radius 3 is 2.31 bits per heavy atom. The summed E-state index contributed by atoms with van der Waals surface area (Å²) in [6.45, 7) is 3.99. The molecule has 0 radical (unpaired) electrons. The van der Waals surface area contributed by atoms with Crippen LogP contribution in [-0.4, -0.2) is 19.1 Å². The Balaban J connectivity index is 2.91. The van der Waals surface area contributed by atoms with Gasteiger partial charge in [0.2, 0.25) is 0 Å². The van der Waals surface area contributed by atoms with Crippen molar-refractivity contribution in [1.82, 2.24) is 5.32 Å². The average molecular weight is 286 g/mol. The van der Waals surface area contributed by atoms with Crippen molar-refractivity contribution in [3.63, 3.8) is 0 Å². The van der Waals surface area contributed by atoms with Crippen molar-refractivity contribution in [2.75, 3.05) is 7.11 Å². The fourth-order valence-corrected chi connectivity index (χ4v) is 1.67. The molecule has 16 heavy (non-hydrogen) atoms. The van der Waals surface area contributed by atoms with Crippen molar-refractivity contribution in [1.29, 1.82) is 0 Å². The zero-order valence-electron chi connectivity index (χ0n) is 9.66. The van der Waals surface area contributed by atoms with Gasteiger partial charge in [-0.15, -0.1) is 0 Å². The van der Waals surface area contributed by atoms with Gasteiger partial charge in [-0.1, -0.05) is 28.1 Å². The number of esters is 1. The normalized spacial score (nSPS) is 12.6. The summed E-state index contributed by atoms with van der Waals surface area (Å²) in [6, 6.07) is 7.44. The van der Waals surface area contributed by atoms with E-state index in [1.165, 1.54) is 7.11 Å². The largest absolute Gasteiger partial charge is 0.468 e. The molecule has 0 aromatic heterocycles. The number of halogens is 1. The fourth-order valence-electron chi connectivity index (χ4n) is 1.41. The molecule has 0 saturated carbocycles. The van der Waals surface area contributed by atoms with E-state index in [0.29, 0.717) is 0 Å². The topological polar surface area (TPSA) is 38.3 Å². The maximum absolute atomic E-state index is 11.6. The molecule has 0 amide bonds. The molecule has 0 fully saturated rings. The number of carbonyl (C=O) groups excluding carboxylic acids is 1. The summed E-state index contributed by atoms with van der Waals surface area (Å²) in [5, 5.41) is 3.18. The smallest absolute Gasteiger partial charge is 0.327 e. The summed E-state index contributed by atoms with van der Waals surface area (Å²) >= 11 is 3.36. The maximum atomic E-state index is 11.6. The number of methoxy groups -OCH3 is 1. The van der Waals surface area contributed by atoms with Crippen LogP contribution in [0, 0.1) is 0 Å². The summed E-state index contributed by atoms with van der Waals surface area (Å²) < 4.78 is 5.77. The highest BCUT2D eigenvalue weighted by molar-refractivity contribution is 9.10. The van der Waals surface area contributed by atoms with Gasteiger partial charge in [-0.3, -0.25) is 5.32 Å². The van der Waals surface area contributed by atoms with Crippen LogP contribution in [0.5, 0.6) is 0 Å². The number of benzene rings is 1. The quantitative estimate of drug-likeness (QED) is 0.865. The van der Waals surface area contributed by atoms with Gasteiger partial charge in [-0.25, -0.2) is 4.79 Å². The zero-order chi connectivity index (χ0) is 12.1. The molecule has 88 valence electrons. The standard InChI is InChI=1S/C12H16BrNO2/c1-8(2)14-11(12(15)16-3)9-4-6-10(13)7-5-9/h4-8,11,14H,1-3H3. The number of ether oxygens (including phenoxy) is 1. The first kappa shape index (κ1) is 13.2. The Morgan fingerprint density at radius 1 is 1.31 bits per heavy atom. The molecule has 0 spiro atoms. The van der Waals surface area contributed by atoms with E-state index >= 15 is 0 Å². The maximum Gasteiger partial charge on any atom is 0.327 e. The van der Waals surface area contributed by atoms with Crippen molar-refractivity contribution in [3.8, 4) is 0 Å². The number of rotatable bonds is 4. The van der Waals surface area contributed by atoms with E-state index in [-0.39, 0.29) is 12.0 Å². The van der Waals surface area contributed by atoms with Crippen molar-refractivity contribution < 1.29 is 9.53 Å². The van der Waals surface area contributed by atoms with Crippen LogP contribution in [0.1, 0.15) is 25.5 Å². The lowest BCUT2D eigenvalue weighted by Crippen LogP contribution is -2.34. The van der Waals surface area contributed by atoms with Gasteiger partial charge in [-0.05, 0) is 31.5 Å². The third kappa shape index (κ3) is 3.61. The summed E-state index contributed by atoms with van der Waals surface area (Å²) in [6.07, 6.45) is 0. The third-order valence-electron chi connectivity index (χ3n) is 2.14. The molecular formula is C12H16BrNO2. The molecule has 1 atom stereocenters. The highest BCUT2D eigenvalue weighted by atomic mass is 79.9. The van der Waals surface area contributed by atoms with Gasteiger partial charge in [-0.2, -0.15) is 0 Å². The number of carbonyl (C=O) groups is 1. The summed E-state index contributed by atoms with van der Waals surface area (Å²) in [5.41, 5.74) is 0.906. The van der Waals surface area contributed by atoms with E-state index in [1.54, 1.807) is 0 Å². The summed E-state index contributed by atoms with van der Waals surface area (Å²) in [5.74, 6) is -0.268. The first-order valence-corrected chi connectivity index (χ1v) is 5.93. The molecule has 0 heterocycles. The monoisotopic (exact) mass is 285 g/mol. The third-order valence-corrected chi connectivity index (χ3v) is 2.67. The lowest BCUT2D eigenvalue weighted by atomic mass is 10.1. The molecule has 4 heteroatoms. The molecule has 1 unspecified atom stereocenters. The lowest BCUT2D eigenvalue weighted by Gasteiger charge is -2.19. The van der Waals surface area contributed by atoms with Gasteiger partial charge in [0.15, 0.2) is 0 Å². The fraction of sp³-hybridized carbons (Fsp3) is 0.417. The van der Waals surface area contributed by atoms with Gasteiger partial charge < -0.3 is 4.74 Å². The molecule has 1 rings (SSSR count). The molecular weight excluding hydrogens is 270 g/mol. The van der Waals surface area contributed by atoms with Crippen LogP contribution in [0.3, 0.4) is 0 Å². The average Bonchev–Trinajstić information content (AvgIpc) is 2.26. The Hall–Kier alpha value is -0.870. The van der Waals surface area contributed by atoms with E-state index in [1.807, 2.05) is 38.1 Å². The van der Waals surface area contributed by atoms with Crippen molar-refractivity contribution in [2.24, 2.45) is 0 Å². The van der Waals surface area contributed by atoms with Crippen molar-refractivity contribution in [3.05, 3.63) is 34.3 Å². The minimum Gasteiger partial charge on any atom is -0.468 e. The number of hydrogen-bond acceptors (Lipinski definition) is 3. The second kappa shape index (κ2) is 6.01. The highest BCUT2D eigenvalue weighted by Gasteiger charge is 2.21. The summed E-state index contributed by atoms with van der Waals surface area (Å²) in [4.78, 5) is 11.6. The Labute approximate surface area is 104 Å². The molecule has 0 aliphatic heterocycles. The zero-order valence-corrected chi connectivity index (χ0v) is 11.2. The van der Waals surface area contributed by atoms with E-state index in [2.05, 4.69) is 21.2 Å². The van der Waals surface area contributed by atoms with Crippen LogP contribution in [-0.2, 0) is 9.53 Å². The predicted molar refractivity (Wildman–Crippen MR) is 67.2 cm³/mol. The molecule has 1 N–H and O–H groups in total. The van der Waals surface area contributed by atoms with Gasteiger partial charge >= 0.3 is 5.97 Å². The predicted octanol–water partition coefficient (Wildman–Crippen LogP) is 2.66. The summed E-state index contributed by atoms with van der Waals surface area (Å²) in [7, 11) is 1.40.